The lowest BCUT2D eigenvalue weighted by Crippen LogP contribution is -2.13. The molecule has 0 N–H and O–H groups in total. The summed E-state index contributed by atoms with van der Waals surface area (Å²) in [6, 6.07) is 25.9. The Bertz CT molecular complexity index is 863. The van der Waals surface area contributed by atoms with E-state index in [0.717, 1.165) is 6.42 Å². The van der Waals surface area contributed by atoms with Gasteiger partial charge in [-0.3, -0.25) is 0 Å². The van der Waals surface area contributed by atoms with Gasteiger partial charge in [-0.2, -0.15) is 0 Å². The Morgan fingerprint density at radius 1 is 0.783 bits per heavy atom. The molecule has 1 aliphatic rings. The molecule has 3 aromatic rings. The van der Waals surface area contributed by atoms with Crippen molar-refractivity contribution in [1.29, 1.82) is 0 Å². The van der Waals surface area contributed by atoms with Crippen LogP contribution in [0.2, 0.25) is 0 Å². The molecule has 0 saturated heterocycles. The highest BCUT2D eigenvalue weighted by Gasteiger charge is 2.19. The van der Waals surface area contributed by atoms with Gasteiger partial charge in [-0.15, -0.1) is 0 Å². The van der Waals surface area contributed by atoms with Gasteiger partial charge in [0.05, 0.1) is 0 Å². The molecule has 0 aromatic heterocycles. The lowest BCUT2D eigenvalue weighted by molar-refractivity contribution is 0.576. The molecular formula is C23H20. The quantitative estimate of drug-likeness (QED) is 0.550. The van der Waals surface area contributed by atoms with Crippen LogP contribution in [0.25, 0.3) is 16.8 Å². The Morgan fingerprint density at radius 2 is 1.57 bits per heavy atom. The van der Waals surface area contributed by atoms with Gasteiger partial charge in [0.25, 0.3) is 0 Å². The lowest BCUT2D eigenvalue weighted by Gasteiger charge is -2.25. The molecule has 1 atom stereocenters. The van der Waals surface area contributed by atoms with Crippen molar-refractivity contribution in [3.63, 3.8) is 0 Å². The van der Waals surface area contributed by atoms with Crippen molar-refractivity contribution in [3.8, 4) is 0 Å². The van der Waals surface area contributed by atoms with E-state index in [2.05, 4.69) is 91.0 Å². The van der Waals surface area contributed by atoms with Crippen LogP contribution in [0.1, 0.15) is 17.5 Å². The van der Waals surface area contributed by atoms with Crippen molar-refractivity contribution in [2.45, 2.75) is 12.8 Å². The highest BCUT2D eigenvalue weighted by atomic mass is 14.2. The van der Waals surface area contributed by atoms with Gasteiger partial charge in [-0.25, -0.2) is 0 Å². The maximum Gasteiger partial charge on any atom is -0.00899 e. The first kappa shape index (κ1) is 14.0. The minimum atomic E-state index is 0.670. The van der Waals surface area contributed by atoms with Crippen LogP contribution in [0, 0.1) is 5.92 Å². The van der Waals surface area contributed by atoms with Crippen molar-refractivity contribution in [2.75, 3.05) is 0 Å². The second kappa shape index (κ2) is 6.26. The summed E-state index contributed by atoms with van der Waals surface area (Å²) in [7, 11) is 0. The largest absolute Gasteiger partial charge is 0.0804 e. The van der Waals surface area contributed by atoms with Crippen LogP contribution >= 0.6 is 0 Å². The molecule has 0 nitrogen and oxygen atoms in total. The predicted molar refractivity (Wildman–Crippen MR) is 99.3 cm³/mol. The summed E-state index contributed by atoms with van der Waals surface area (Å²) in [6.07, 6.45) is 9.27. The average Bonchev–Trinajstić information content (AvgIpc) is 2.60. The molecule has 3 aromatic carbocycles. The number of allylic oxidation sites excluding steroid dienone is 3. The van der Waals surface area contributed by atoms with Gasteiger partial charge in [0.2, 0.25) is 0 Å². The van der Waals surface area contributed by atoms with Gasteiger partial charge in [0, 0.05) is 0 Å². The van der Waals surface area contributed by atoms with E-state index in [0.29, 0.717) is 5.92 Å². The van der Waals surface area contributed by atoms with Crippen LogP contribution in [0.5, 0.6) is 0 Å². The van der Waals surface area contributed by atoms with Gasteiger partial charge >= 0.3 is 0 Å². The van der Waals surface area contributed by atoms with Gasteiger partial charge < -0.3 is 0 Å². The summed E-state index contributed by atoms with van der Waals surface area (Å²) >= 11 is 0. The number of fused-ring (bicyclic) bond motifs is 1. The van der Waals surface area contributed by atoms with Crippen LogP contribution in [0.4, 0.5) is 0 Å². The first-order valence-corrected chi connectivity index (χ1v) is 8.30. The van der Waals surface area contributed by atoms with E-state index in [9.17, 15) is 0 Å². The van der Waals surface area contributed by atoms with Crippen molar-refractivity contribution in [2.24, 2.45) is 5.92 Å². The fourth-order valence-corrected chi connectivity index (χ4v) is 3.31. The zero-order chi connectivity index (χ0) is 15.5. The zero-order valence-corrected chi connectivity index (χ0v) is 13.2. The maximum absolute atomic E-state index is 2.36. The van der Waals surface area contributed by atoms with Gasteiger partial charge in [-0.1, -0.05) is 91.0 Å². The second-order valence-electron chi connectivity index (χ2n) is 6.23. The summed E-state index contributed by atoms with van der Waals surface area (Å²) in [5.74, 6) is 0.670. The van der Waals surface area contributed by atoms with Crippen LogP contribution in [-0.4, -0.2) is 0 Å². The first-order valence-electron chi connectivity index (χ1n) is 8.30. The summed E-state index contributed by atoms with van der Waals surface area (Å²) in [4.78, 5) is 0. The third kappa shape index (κ3) is 2.98. The van der Waals surface area contributed by atoms with Crippen molar-refractivity contribution in [3.05, 3.63) is 102 Å². The smallest absolute Gasteiger partial charge is 0.00899 e. The van der Waals surface area contributed by atoms with E-state index in [-0.39, 0.29) is 0 Å². The first-order chi connectivity index (χ1) is 11.4. The highest BCUT2D eigenvalue weighted by molar-refractivity contribution is 5.90. The summed E-state index contributed by atoms with van der Waals surface area (Å²) in [5.41, 5.74) is 4.21. The minimum absolute atomic E-state index is 0.670. The molecule has 23 heavy (non-hydrogen) atoms. The maximum atomic E-state index is 2.36. The normalized spacial score (nSPS) is 17.2. The fourth-order valence-electron chi connectivity index (χ4n) is 3.31. The topological polar surface area (TPSA) is 0 Å². The Labute approximate surface area is 137 Å². The third-order valence-electron chi connectivity index (χ3n) is 4.71. The highest BCUT2D eigenvalue weighted by Crippen LogP contribution is 2.32. The van der Waals surface area contributed by atoms with E-state index in [1.54, 1.807) is 0 Å². The van der Waals surface area contributed by atoms with E-state index < -0.39 is 0 Å². The lowest BCUT2D eigenvalue weighted by atomic mass is 9.80. The SMILES string of the molecule is C(=Cc1cccc2ccccc12)C1=CCC1Cc1ccccc1. The van der Waals surface area contributed by atoms with E-state index in [1.165, 1.54) is 33.9 Å². The number of hydrogen-bond acceptors (Lipinski definition) is 0. The Kier molecular flexibility index (Phi) is 3.81. The van der Waals surface area contributed by atoms with E-state index in [4.69, 9.17) is 0 Å². The van der Waals surface area contributed by atoms with Crippen molar-refractivity contribution in [1.82, 2.24) is 0 Å². The Hall–Kier alpha value is -2.60. The minimum Gasteiger partial charge on any atom is -0.0804 e. The van der Waals surface area contributed by atoms with E-state index >= 15 is 0 Å². The standard InChI is InChI=1S/C23H20/c1-2-7-18(8-3-1)17-22-16-14-19(22)13-15-21-11-6-10-20-9-4-5-12-23(20)21/h1-15,22H,16-17H2. The molecule has 4 rings (SSSR count). The number of rotatable bonds is 4. The molecule has 1 unspecified atom stereocenters. The molecule has 0 aliphatic heterocycles. The van der Waals surface area contributed by atoms with Crippen LogP contribution in [0.3, 0.4) is 0 Å². The Balaban J connectivity index is 1.52. The molecule has 0 fully saturated rings. The van der Waals surface area contributed by atoms with Gasteiger partial charge in [0.1, 0.15) is 0 Å². The number of benzene rings is 3. The summed E-state index contributed by atoms with van der Waals surface area (Å²) in [5, 5.41) is 2.63. The summed E-state index contributed by atoms with van der Waals surface area (Å²) in [6.45, 7) is 0. The third-order valence-corrected chi connectivity index (χ3v) is 4.71. The molecule has 0 bridgehead atoms. The van der Waals surface area contributed by atoms with Crippen LogP contribution in [-0.2, 0) is 6.42 Å². The molecule has 0 heterocycles. The molecule has 0 spiro atoms. The molecule has 112 valence electrons. The monoisotopic (exact) mass is 296 g/mol. The second-order valence-corrected chi connectivity index (χ2v) is 6.23. The van der Waals surface area contributed by atoms with Crippen LogP contribution < -0.4 is 0 Å². The molecule has 1 aliphatic carbocycles. The van der Waals surface area contributed by atoms with Crippen LogP contribution in [0.15, 0.2) is 90.5 Å². The van der Waals surface area contributed by atoms with Gasteiger partial charge in [0.15, 0.2) is 0 Å². The molecule has 0 amide bonds. The molecule has 0 heteroatoms. The summed E-state index contributed by atoms with van der Waals surface area (Å²) < 4.78 is 0. The molecule has 0 saturated carbocycles. The van der Waals surface area contributed by atoms with Gasteiger partial charge in [-0.05, 0) is 46.2 Å². The predicted octanol–water partition coefficient (Wildman–Crippen LogP) is 6.04. The van der Waals surface area contributed by atoms with Crippen molar-refractivity contribution >= 4 is 16.8 Å². The molecule has 0 radical (unpaired) electrons. The average molecular weight is 296 g/mol. The zero-order valence-electron chi connectivity index (χ0n) is 13.2. The number of hydrogen-bond donors (Lipinski definition) is 0. The molecular weight excluding hydrogens is 276 g/mol. The van der Waals surface area contributed by atoms with Crippen molar-refractivity contribution < 1.29 is 0 Å². The Morgan fingerprint density at radius 3 is 2.39 bits per heavy atom. The fraction of sp³-hybridized carbons (Fsp3) is 0.130. The van der Waals surface area contributed by atoms with E-state index in [1.807, 2.05) is 0 Å².